The van der Waals surface area contributed by atoms with Gasteiger partial charge < -0.3 is 10.2 Å². The molecule has 3 nitrogen and oxygen atoms in total. The van der Waals surface area contributed by atoms with Crippen molar-refractivity contribution in [3.05, 3.63) is 70.3 Å². The number of hydrogen-bond donors (Lipinski definition) is 1. The summed E-state index contributed by atoms with van der Waals surface area (Å²) in [5, 5.41) is 3.84. The number of rotatable bonds is 2. The number of fused-ring (bicyclic) bond motifs is 3. The number of nitrogens with one attached hydrogen (secondary N) is 1. The third-order valence-corrected chi connectivity index (χ3v) is 6.26. The maximum atomic E-state index is 11.8. The third kappa shape index (κ3) is 2.95. The van der Waals surface area contributed by atoms with Crippen LogP contribution in [0.15, 0.2) is 42.5 Å². The molecule has 2 aromatic carbocycles. The van der Waals surface area contributed by atoms with Gasteiger partial charge in [-0.25, -0.2) is 0 Å². The first-order valence-corrected chi connectivity index (χ1v) is 9.76. The van der Waals surface area contributed by atoms with Gasteiger partial charge in [0, 0.05) is 31.3 Å². The minimum absolute atomic E-state index is 0.0565. The Balaban J connectivity index is 1.79. The molecule has 3 atom stereocenters. The van der Waals surface area contributed by atoms with Crippen LogP contribution in [0.25, 0.3) is 0 Å². The van der Waals surface area contributed by atoms with Crippen molar-refractivity contribution in [2.24, 2.45) is 5.92 Å². The highest BCUT2D eigenvalue weighted by atomic mass is 16.2. The topological polar surface area (TPSA) is 32.3 Å². The monoisotopic (exact) mass is 360 g/mol. The summed E-state index contributed by atoms with van der Waals surface area (Å²) in [7, 11) is 1.84. The maximum absolute atomic E-state index is 11.8. The van der Waals surface area contributed by atoms with Gasteiger partial charge in [0.1, 0.15) is 0 Å². The van der Waals surface area contributed by atoms with Crippen molar-refractivity contribution in [3.63, 3.8) is 0 Å². The van der Waals surface area contributed by atoms with Crippen LogP contribution in [0.2, 0.25) is 0 Å². The number of nitrogens with zero attached hydrogens (tertiary/aromatic N) is 1. The summed E-state index contributed by atoms with van der Waals surface area (Å²) < 4.78 is 0. The molecular weight excluding hydrogens is 332 g/mol. The largest absolute Gasteiger partial charge is 0.378 e. The molecule has 1 N–H and O–H groups in total. The van der Waals surface area contributed by atoms with E-state index in [4.69, 9.17) is 0 Å². The number of allylic oxidation sites excluding steroid dienone is 2. The minimum Gasteiger partial charge on any atom is -0.378 e. The molecule has 0 saturated heterocycles. The fourth-order valence-electron chi connectivity index (χ4n) is 4.94. The number of anilines is 2. The van der Waals surface area contributed by atoms with E-state index in [0.717, 1.165) is 12.1 Å². The summed E-state index contributed by atoms with van der Waals surface area (Å²) >= 11 is 0. The van der Waals surface area contributed by atoms with Crippen LogP contribution in [0, 0.1) is 26.7 Å². The molecule has 3 unspecified atom stereocenters. The van der Waals surface area contributed by atoms with Crippen LogP contribution >= 0.6 is 0 Å². The van der Waals surface area contributed by atoms with Crippen molar-refractivity contribution >= 4 is 17.3 Å². The summed E-state index contributed by atoms with van der Waals surface area (Å²) in [6.45, 7) is 8.24. The molecule has 0 saturated carbocycles. The first-order valence-electron chi connectivity index (χ1n) is 9.76. The Kier molecular flexibility index (Phi) is 4.33. The predicted octanol–water partition coefficient (Wildman–Crippen LogP) is 5.42. The molecule has 27 heavy (non-hydrogen) atoms. The molecule has 0 spiro atoms. The molecule has 1 aliphatic carbocycles. The number of benzene rings is 2. The van der Waals surface area contributed by atoms with E-state index in [1.165, 1.54) is 33.5 Å². The second-order valence-corrected chi connectivity index (χ2v) is 8.14. The highest BCUT2D eigenvalue weighted by molar-refractivity contribution is 5.91. The number of hydrogen-bond acceptors (Lipinski definition) is 2. The van der Waals surface area contributed by atoms with Crippen LogP contribution in [0.4, 0.5) is 11.4 Å². The molecule has 2 aliphatic rings. The normalized spacial score (nSPS) is 22.8. The molecule has 3 heteroatoms. The van der Waals surface area contributed by atoms with Gasteiger partial charge in [-0.2, -0.15) is 0 Å². The summed E-state index contributed by atoms with van der Waals surface area (Å²) in [4.78, 5) is 13.5. The Morgan fingerprint density at radius 1 is 1.11 bits per heavy atom. The molecular formula is C24H28N2O. The summed E-state index contributed by atoms with van der Waals surface area (Å²) in [6, 6.07) is 11.3. The molecule has 2 aromatic rings. The Morgan fingerprint density at radius 2 is 1.81 bits per heavy atom. The quantitative estimate of drug-likeness (QED) is 0.725. The van der Waals surface area contributed by atoms with E-state index in [1.54, 1.807) is 11.8 Å². The first kappa shape index (κ1) is 17.8. The molecule has 4 rings (SSSR count). The maximum Gasteiger partial charge on any atom is 0.223 e. The van der Waals surface area contributed by atoms with Gasteiger partial charge in [0.25, 0.3) is 0 Å². The molecule has 0 radical (unpaired) electrons. The van der Waals surface area contributed by atoms with Crippen LogP contribution in [-0.2, 0) is 4.79 Å². The van der Waals surface area contributed by atoms with E-state index >= 15 is 0 Å². The highest BCUT2D eigenvalue weighted by Crippen LogP contribution is 2.51. The van der Waals surface area contributed by atoms with E-state index in [2.05, 4.69) is 62.5 Å². The molecule has 1 aliphatic heterocycles. The fraction of sp³-hybridized carbons (Fsp3) is 0.375. The van der Waals surface area contributed by atoms with Gasteiger partial charge in [0.2, 0.25) is 5.91 Å². The van der Waals surface area contributed by atoms with Crippen LogP contribution in [0.5, 0.6) is 0 Å². The lowest BCUT2D eigenvalue weighted by molar-refractivity contribution is -0.116. The Hall–Kier alpha value is -2.55. The highest BCUT2D eigenvalue weighted by Gasteiger charge is 2.39. The van der Waals surface area contributed by atoms with Crippen LogP contribution in [0.3, 0.4) is 0 Å². The van der Waals surface area contributed by atoms with Gasteiger partial charge >= 0.3 is 0 Å². The third-order valence-electron chi connectivity index (χ3n) is 6.26. The van der Waals surface area contributed by atoms with Crippen LogP contribution < -0.4 is 10.2 Å². The Labute approximate surface area is 162 Å². The van der Waals surface area contributed by atoms with Gasteiger partial charge in [-0.05, 0) is 73.6 Å². The molecule has 0 aromatic heterocycles. The Bertz CT molecular complexity index is 920. The van der Waals surface area contributed by atoms with E-state index in [-0.39, 0.29) is 5.91 Å². The second-order valence-electron chi connectivity index (χ2n) is 8.14. The number of carbonyl (C=O) groups excluding carboxylic acids is 1. The van der Waals surface area contributed by atoms with E-state index in [1.807, 2.05) is 13.1 Å². The predicted molar refractivity (Wildman–Crippen MR) is 113 cm³/mol. The average Bonchev–Trinajstić information content (AvgIpc) is 3.10. The SMILES string of the molecule is CC(=O)N(C)c1ccc2c(c1)C1C=CCC1C(c1c(C)cc(C)cc1C)N2. The van der Waals surface area contributed by atoms with E-state index in [0.29, 0.717) is 17.9 Å². The smallest absolute Gasteiger partial charge is 0.223 e. The summed E-state index contributed by atoms with van der Waals surface area (Å²) in [5.74, 6) is 0.961. The zero-order chi connectivity index (χ0) is 19.3. The average molecular weight is 361 g/mol. The standard InChI is InChI=1S/C24H28N2O/c1-14-11-15(2)23(16(3)12-14)24-20-8-6-7-19(20)21-13-18(26(5)17(4)27)9-10-22(21)25-24/h6-7,9-13,19-20,24-25H,8H2,1-5H3. The van der Waals surface area contributed by atoms with E-state index < -0.39 is 0 Å². The first-order chi connectivity index (χ1) is 12.9. The van der Waals surface area contributed by atoms with Crippen LogP contribution in [0.1, 0.15) is 53.1 Å². The summed E-state index contributed by atoms with van der Waals surface area (Å²) in [5.41, 5.74) is 8.95. The molecule has 1 heterocycles. The van der Waals surface area contributed by atoms with Gasteiger partial charge in [-0.1, -0.05) is 29.8 Å². The zero-order valence-electron chi connectivity index (χ0n) is 16.8. The van der Waals surface area contributed by atoms with Crippen molar-refractivity contribution in [1.82, 2.24) is 0 Å². The number of carbonyl (C=O) groups is 1. The van der Waals surface area contributed by atoms with Crippen molar-refractivity contribution in [3.8, 4) is 0 Å². The molecule has 140 valence electrons. The van der Waals surface area contributed by atoms with Gasteiger partial charge in [0.05, 0.1) is 6.04 Å². The zero-order valence-corrected chi connectivity index (χ0v) is 16.8. The number of aryl methyl sites for hydroxylation is 3. The van der Waals surface area contributed by atoms with Gasteiger partial charge in [-0.15, -0.1) is 0 Å². The summed E-state index contributed by atoms with van der Waals surface area (Å²) in [6.07, 6.45) is 5.76. The lowest BCUT2D eigenvalue weighted by Crippen LogP contribution is -2.31. The molecule has 0 fully saturated rings. The van der Waals surface area contributed by atoms with Crippen molar-refractivity contribution < 1.29 is 4.79 Å². The van der Waals surface area contributed by atoms with Crippen molar-refractivity contribution in [1.29, 1.82) is 0 Å². The second kappa shape index (κ2) is 6.56. The van der Waals surface area contributed by atoms with E-state index in [9.17, 15) is 4.79 Å². The lowest BCUT2D eigenvalue weighted by atomic mass is 9.75. The van der Waals surface area contributed by atoms with Crippen molar-refractivity contribution in [2.75, 3.05) is 17.3 Å². The minimum atomic E-state index is 0.0565. The molecule has 1 amide bonds. The fourth-order valence-corrected chi connectivity index (χ4v) is 4.94. The Morgan fingerprint density at radius 3 is 2.48 bits per heavy atom. The van der Waals surface area contributed by atoms with Gasteiger partial charge in [-0.3, -0.25) is 4.79 Å². The lowest BCUT2D eigenvalue weighted by Gasteiger charge is -2.39. The molecule has 0 bridgehead atoms. The van der Waals surface area contributed by atoms with Gasteiger partial charge in [0.15, 0.2) is 0 Å². The van der Waals surface area contributed by atoms with Crippen molar-refractivity contribution in [2.45, 2.75) is 46.1 Å². The number of amides is 1. The van der Waals surface area contributed by atoms with Crippen LogP contribution in [-0.4, -0.2) is 13.0 Å².